The van der Waals surface area contributed by atoms with Crippen LogP contribution < -0.4 is 0 Å². The zero-order valence-electron chi connectivity index (χ0n) is 11.3. The van der Waals surface area contributed by atoms with Gasteiger partial charge < -0.3 is 5.11 Å². The lowest BCUT2D eigenvalue weighted by Crippen LogP contribution is -2.41. The van der Waals surface area contributed by atoms with Gasteiger partial charge in [0.1, 0.15) is 0 Å². The van der Waals surface area contributed by atoms with Gasteiger partial charge in [0.2, 0.25) is 10.0 Å². The molecule has 1 saturated heterocycles. The second kappa shape index (κ2) is 6.79. The Morgan fingerprint density at radius 1 is 1.50 bits per heavy atom. The molecule has 1 N–H and O–H groups in total. The van der Waals surface area contributed by atoms with Gasteiger partial charge in [-0.2, -0.15) is 16.1 Å². The molecule has 0 saturated carbocycles. The summed E-state index contributed by atoms with van der Waals surface area (Å²) in [4.78, 5) is 0.274. The van der Waals surface area contributed by atoms with Crippen LogP contribution in [-0.2, 0) is 16.6 Å². The lowest BCUT2D eigenvalue weighted by atomic mass is 10.2. The van der Waals surface area contributed by atoms with Gasteiger partial charge in [-0.15, -0.1) is 0 Å². The second-order valence-corrected chi connectivity index (χ2v) is 8.86. The summed E-state index contributed by atoms with van der Waals surface area (Å²) in [6, 6.07) is 4.87. The third kappa shape index (κ3) is 3.39. The lowest BCUT2D eigenvalue weighted by Gasteiger charge is -2.31. The van der Waals surface area contributed by atoms with Crippen molar-refractivity contribution in [2.75, 3.05) is 18.8 Å². The summed E-state index contributed by atoms with van der Waals surface area (Å²) in [6.07, 6.45) is 0.974. The minimum Gasteiger partial charge on any atom is -0.392 e. The average Bonchev–Trinajstić information content (AvgIpc) is 2.46. The molecule has 0 spiro atoms. The Balaban J connectivity index is 2.30. The highest BCUT2D eigenvalue weighted by atomic mass is 79.9. The highest BCUT2D eigenvalue weighted by Gasteiger charge is 2.31. The maximum Gasteiger partial charge on any atom is 0.244 e. The van der Waals surface area contributed by atoms with Crippen molar-refractivity contribution in [3.63, 3.8) is 0 Å². The summed E-state index contributed by atoms with van der Waals surface area (Å²) in [7, 11) is -3.47. The fourth-order valence-corrected chi connectivity index (χ4v) is 6.11. The highest BCUT2D eigenvalue weighted by molar-refractivity contribution is 9.10. The van der Waals surface area contributed by atoms with Crippen molar-refractivity contribution < 1.29 is 13.5 Å². The molecule has 2 rings (SSSR count). The zero-order chi connectivity index (χ0) is 14.8. The van der Waals surface area contributed by atoms with Gasteiger partial charge in [0, 0.05) is 28.6 Å². The first-order chi connectivity index (χ1) is 9.48. The Kier molecular flexibility index (Phi) is 5.53. The van der Waals surface area contributed by atoms with Gasteiger partial charge >= 0.3 is 0 Å². The first-order valence-corrected chi connectivity index (χ1v) is 9.78. The summed E-state index contributed by atoms with van der Waals surface area (Å²) in [5, 5.41) is 9.46. The fourth-order valence-electron chi connectivity index (χ4n) is 2.15. The normalized spacial score (nSPS) is 21.1. The van der Waals surface area contributed by atoms with Gasteiger partial charge in [-0.25, -0.2) is 8.42 Å². The van der Waals surface area contributed by atoms with Crippen LogP contribution in [0.3, 0.4) is 0 Å². The number of rotatable bonds is 4. The predicted molar refractivity (Wildman–Crippen MR) is 85.4 cm³/mol. The maximum atomic E-state index is 12.7. The molecule has 1 aliphatic rings. The van der Waals surface area contributed by atoms with Crippen molar-refractivity contribution in [3.05, 3.63) is 28.2 Å². The number of aliphatic hydroxyl groups excluding tert-OH is 1. The summed E-state index contributed by atoms with van der Waals surface area (Å²) < 4.78 is 27.5. The highest BCUT2D eigenvalue weighted by Crippen LogP contribution is 2.30. The molecule has 20 heavy (non-hydrogen) atoms. The van der Waals surface area contributed by atoms with Crippen molar-refractivity contribution in [1.82, 2.24) is 4.31 Å². The quantitative estimate of drug-likeness (QED) is 0.872. The van der Waals surface area contributed by atoms with Crippen LogP contribution in [0.15, 0.2) is 27.6 Å². The third-order valence-electron chi connectivity index (χ3n) is 3.35. The van der Waals surface area contributed by atoms with Gasteiger partial charge in [-0.05, 0) is 40.0 Å². The van der Waals surface area contributed by atoms with Gasteiger partial charge in [0.25, 0.3) is 0 Å². The summed E-state index contributed by atoms with van der Waals surface area (Å²) >= 11 is 5.14. The molecule has 1 heterocycles. The number of hydrogen-bond donors (Lipinski definition) is 1. The van der Waals surface area contributed by atoms with Crippen LogP contribution in [0.1, 0.15) is 18.9 Å². The average molecular weight is 380 g/mol. The molecule has 0 amide bonds. The molecule has 0 aromatic heterocycles. The van der Waals surface area contributed by atoms with E-state index in [1.807, 2.05) is 11.8 Å². The monoisotopic (exact) mass is 379 g/mol. The molecule has 0 radical (unpaired) electrons. The van der Waals surface area contributed by atoms with Crippen LogP contribution in [0.4, 0.5) is 0 Å². The number of halogens is 1. The van der Waals surface area contributed by atoms with E-state index in [9.17, 15) is 8.42 Å². The van der Waals surface area contributed by atoms with Crippen molar-refractivity contribution in [1.29, 1.82) is 0 Å². The Morgan fingerprint density at radius 3 is 2.85 bits per heavy atom. The van der Waals surface area contributed by atoms with Gasteiger partial charge in [-0.1, -0.05) is 13.0 Å². The zero-order valence-corrected chi connectivity index (χ0v) is 14.5. The Labute approximate surface area is 132 Å². The topological polar surface area (TPSA) is 57.6 Å². The van der Waals surface area contributed by atoms with E-state index in [2.05, 4.69) is 22.9 Å². The Morgan fingerprint density at radius 2 is 2.25 bits per heavy atom. The first kappa shape index (κ1) is 16.3. The molecule has 7 heteroatoms. The smallest absolute Gasteiger partial charge is 0.244 e. The molecule has 112 valence electrons. The Hall–Kier alpha value is -0.0800. The molecule has 1 aromatic rings. The number of thioether (sulfide) groups is 1. The minimum atomic E-state index is -3.47. The van der Waals surface area contributed by atoms with Gasteiger partial charge in [-0.3, -0.25) is 0 Å². The minimum absolute atomic E-state index is 0.100. The molecule has 1 unspecified atom stereocenters. The predicted octanol–water partition coefficient (Wildman–Crippen LogP) is 2.46. The number of sulfonamides is 1. The van der Waals surface area contributed by atoms with Gasteiger partial charge in [0.15, 0.2) is 0 Å². The molecule has 4 nitrogen and oxygen atoms in total. The van der Waals surface area contributed by atoms with Crippen molar-refractivity contribution >= 4 is 37.7 Å². The molecular weight excluding hydrogens is 362 g/mol. The molecule has 1 fully saturated rings. The maximum absolute atomic E-state index is 12.7. The van der Waals surface area contributed by atoms with Crippen LogP contribution in [0.2, 0.25) is 0 Å². The second-order valence-electron chi connectivity index (χ2n) is 4.69. The van der Waals surface area contributed by atoms with E-state index >= 15 is 0 Å². The summed E-state index contributed by atoms with van der Waals surface area (Å²) in [5.74, 6) is 0.837. The number of aliphatic hydroxyl groups is 1. The number of hydrogen-bond acceptors (Lipinski definition) is 4. The SMILES string of the molecule is CCC1CN(S(=O)(=O)c2ccc(CO)cc2Br)CCS1. The largest absolute Gasteiger partial charge is 0.392 e. The molecule has 0 aliphatic carbocycles. The molecule has 1 aromatic carbocycles. The van der Waals surface area contributed by atoms with E-state index in [1.165, 1.54) is 0 Å². The van der Waals surface area contributed by atoms with Crippen molar-refractivity contribution in [2.24, 2.45) is 0 Å². The van der Waals surface area contributed by atoms with E-state index < -0.39 is 10.0 Å². The lowest BCUT2D eigenvalue weighted by molar-refractivity contribution is 0.281. The molecule has 1 atom stereocenters. The standard InChI is InChI=1S/C13H18BrNO3S2/c1-2-11-8-15(5-6-19-11)20(17,18)13-4-3-10(9-16)7-12(13)14/h3-4,7,11,16H,2,5-6,8-9H2,1H3. The molecule has 1 aliphatic heterocycles. The summed E-state index contributed by atoms with van der Waals surface area (Å²) in [6.45, 7) is 3.10. The number of benzene rings is 1. The molecular formula is C13H18BrNO3S2. The summed E-state index contributed by atoms with van der Waals surface area (Å²) in [5.41, 5.74) is 0.691. The number of nitrogens with zero attached hydrogens (tertiary/aromatic N) is 1. The van der Waals surface area contributed by atoms with Crippen molar-refractivity contribution in [3.8, 4) is 0 Å². The molecule has 0 bridgehead atoms. The van der Waals surface area contributed by atoms with Crippen LogP contribution in [0, 0.1) is 0 Å². The van der Waals surface area contributed by atoms with E-state index in [0.29, 0.717) is 28.4 Å². The Bertz CT molecular complexity index is 577. The first-order valence-electron chi connectivity index (χ1n) is 6.50. The van der Waals surface area contributed by atoms with Crippen molar-refractivity contribution in [2.45, 2.75) is 30.1 Å². The van der Waals surface area contributed by atoms with Gasteiger partial charge in [0.05, 0.1) is 11.5 Å². The van der Waals surface area contributed by atoms with E-state index in [-0.39, 0.29) is 11.5 Å². The van der Waals surface area contributed by atoms with E-state index in [0.717, 1.165) is 12.2 Å². The van der Waals surface area contributed by atoms with E-state index in [4.69, 9.17) is 5.11 Å². The van der Waals surface area contributed by atoms with Crippen LogP contribution >= 0.6 is 27.7 Å². The third-order valence-corrected chi connectivity index (χ3v) is 7.57. The van der Waals surface area contributed by atoms with Crippen LogP contribution in [0.25, 0.3) is 0 Å². The van der Waals surface area contributed by atoms with E-state index in [1.54, 1.807) is 22.5 Å². The van der Waals surface area contributed by atoms with Crippen LogP contribution in [-0.4, -0.2) is 41.9 Å². The fraction of sp³-hybridized carbons (Fsp3) is 0.538. The van der Waals surface area contributed by atoms with Crippen LogP contribution in [0.5, 0.6) is 0 Å².